The summed E-state index contributed by atoms with van der Waals surface area (Å²) in [6, 6.07) is 17.9. The maximum atomic E-state index is 14.2. The number of hydrogen-bond acceptors (Lipinski definition) is 6. The summed E-state index contributed by atoms with van der Waals surface area (Å²) in [5, 5.41) is 3.68. The van der Waals surface area contributed by atoms with Gasteiger partial charge in [-0.15, -0.1) is 0 Å². The van der Waals surface area contributed by atoms with E-state index in [1.807, 2.05) is 44.2 Å². The Kier molecular flexibility index (Phi) is 10.2. The molecule has 9 nitrogen and oxygen atoms in total. The fourth-order valence-corrected chi connectivity index (χ4v) is 5.77. The molecule has 12 heteroatoms. The van der Waals surface area contributed by atoms with Crippen molar-refractivity contribution in [3.8, 4) is 11.5 Å². The van der Waals surface area contributed by atoms with Gasteiger partial charge in [0.05, 0.1) is 11.9 Å². The van der Waals surface area contributed by atoms with E-state index in [2.05, 4.69) is 5.32 Å². The average Bonchev–Trinajstić information content (AvgIpc) is 3.41. The third kappa shape index (κ3) is 8.08. The van der Waals surface area contributed by atoms with E-state index in [9.17, 15) is 18.0 Å². The Bertz CT molecular complexity index is 1540. The number of carbonyl (C=O) groups excluding carboxylic acids is 2. The van der Waals surface area contributed by atoms with Crippen molar-refractivity contribution >= 4 is 50.7 Å². The first-order valence-electron chi connectivity index (χ1n) is 13.3. The number of sulfonamides is 1. The topological polar surface area (TPSA) is 105 Å². The highest BCUT2D eigenvalue weighted by Crippen LogP contribution is 2.36. The number of amides is 2. The number of carbonyl (C=O) groups is 2. The number of halogens is 2. The Hall–Kier alpha value is -3.47. The Labute approximate surface area is 256 Å². The van der Waals surface area contributed by atoms with Crippen LogP contribution in [0.15, 0.2) is 66.7 Å². The smallest absolute Gasteiger partial charge is 0.244 e. The van der Waals surface area contributed by atoms with Crippen LogP contribution in [0.4, 0.5) is 5.69 Å². The van der Waals surface area contributed by atoms with Crippen LogP contribution in [0.25, 0.3) is 0 Å². The number of anilines is 1. The lowest BCUT2D eigenvalue weighted by atomic mass is 10.0. The molecule has 1 atom stereocenters. The zero-order valence-corrected chi connectivity index (χ0v) is 25.9. The second kappa shape index (κ2) is 13.7. The summed E-state index contributed by atoms with van der Waals surface area (Å²) in [7, 11) is -3.93. The van der Waals surface area contributed by atoms with E-state index >= 15 is 0 Å². The van der Waals surface area contributed by atoms with Gasteiger partial charge in [-0.1, -0.05) is 73.4 Å². The molecule has 224 valence electrons. The first kappa shape index (κ1) is 31.5. The van der Waals surface area contributed by atoms with Crippen LogP contribution in [0, 0.1) is 5.92 Å². The van der Waals surface area contributed by atoms with Gasteiger partial charge in [-0.05, 0) is 41.3 Å². The quantitative estimate of drug-likeness (QED) is 0.304. The maximum absolute atomic E-state index is 14.2. The van der Waals surface area contributed by atoms with E-state index in [0.717, 1.165) is 16.1 Å². The van der Waals surface area contributed by atoms with Gasteiger partial charge < -0.3 is 19.7 Å². The van der Waals surface area contributed by atoms with E-state index in [1.165, 1.54) is 11.0 Å². The van der Waals surface area contributed by atoms with Crippen LogP contribution in [0.2, 0.25) is 10.0 Å². The highest BCUT2D eigenvalue weighted by atomic mass is 35.5. The monoisotopic (exact) mass is 633 g/mol. The summed E-state index contributed by atoms with van der Waals surface area (Å²) in [5.74, 6) is 0.0633. The molecule has 0 aromatic heterocycles. The molecule has 0 saturated carbocycles. The van der Waals surface area contributed by atoms with Crippen molar-refractivity contribution in [3.63, 3.8) is 0 Å². The predicted octanol–water partition coefficient (Wildman–Crippen LogP) is 4.90. The van der Waals surface area contributed by atoms with Crippen molar-refractivity contribution in [2.24, 2.45) is 5.92 Å². The SMILES string of the molecule is CC(C)CNC(=O)C(Cc1ccccc1)N(Cc1ccc(Cl)cc1Cl)C(=O)CN(c1ccc2c(c1)OCO2)S(C)(=O)=O. The minimum atomic E-state index is -3.93. The molecule has 1 heterocycles. The van der Waals surface area contributed by atoms with Gasteiger partial charge in [0.15, 0.2) is 11.5 Å². The summed E-state index contributed by atoms with van der Waals surface area (Å²) >= 11 is 12.6. The maximum Gasteiger partial charge on any atom is 0.244 e. The molecule has 0 bridgehead atoms. The zero-order chi connectivity index (χ0) is 30.4. The molecule has 1 unspecified atom stereocenters. The van der Waals surface area contributed by atoms with E-state index in [1.54, 1.807) is 30.3 Å². The molecular formula is C30H33Cl2N3O6S. The number of nitrogens with one attached hydrogen (secondary N) is 1. The van der Waals surface area contributed by atoms with Crippen LogP contribution in [-0.2, 0) is 32.6 Å². The lowest BCUT2D eigenvalue weighted by molar-refractivity contribution is -0.140. The Morgan fingerprint density at radius 1 is 0.976 bits per heavy atom. The van der Waals surface area contributed by atoms with Gasteiger partial charge in [0.25, 0.3) is 0 Å². The molecule has 0 radical (unpaired) electrons. The standard InChI is InChI=1S/C30H33Cl2N3O6S/c1-20(2)16-33-30(37)26(13-21-7-5-4-6-8-21)34(17-22-9-10-23(31)14-25(22)32)29(36)18-35(42(3,38)39)24-11-12-27-28(15-24)41-19-40-27/h4-12,14-15,20,26H,13,16-19H2,1-3H3,(H,33,37). The van der Waals surface area contributed by atoms with Crippen molar-refractivity contribution in [3.05, 3.63) is 87.9 Å². The number of nitrogens with zero attached hydrogens (tertiary/aromatic N) is 2. The summed E-state index contributed by atoms with van der Waals surface area (Å²) in [6.07, 6.45) is 1.21. The van der Waals surface area contributed by atoms with Crippen molar-refractivity contribution in [2.45, 2.75) is 32.9 Å². The molecule has 0 saturated heterocycles. The second-order valence-electron chi connectivity index (χ2n) is 10.4. The second-order valence-corrected chi connectivity index (χ2v) is 13.2. The lowest BCUT2D eigenvalue weighted by Gasteiger charge is -2.34. The van der Waals surface area contributed by atoms with Crippen LogP contribution in [0.5, 0.6) is 11.5 Å². The van der Waals surface area contributed by atoms with Gasteiger partial charge in [-0.25, -0.2) is 8.42 Å². The molecule has 42 heavy (non-hydrogen) atoms. The Balaban J connectivity index is 1.74. The first-order chi connectivity index (χ1) is 19.9. The van der Waals surface area contributed by atoms with E-state index in [-0.39, 0.29) is 37.3 Å². The number of rotatable bonds is 12. The fraction of sp³-hybridized carbons (Fsp3) is 0.333. The highest BCUT2D eigenvalue weighted by molar-refractivity contribution is 7.92. The van der Waals surface area contributed by atoms with Crippen LogP contribution in [0.1, 0.15) is 25.0 Å². The third-order valence-electron chi connectivity index (χ3n) is 6.63. The number of ether oxygens (including phenoxy) is 2. The number of hydrogen-bond donors (Lipinski definition) is 1. The van der Waals surface area contributed by atoms with Crippen molar-refractivity contribution in [1.29, 1.82) is 0 Å². The lowest BCUT2D eigenvalue weighted by Crippen LogP contribution is -2.53. The molecule has 4 rings (SSSR count). The molecule has 1 aliphatic heterocycles. The highest BCUT2D eigenvalue weighted by Gasteiger charge is 2.34. The first-order valence-corrected chi connectivity index (χ1v) is 15.9. The molecule has 0 spiro atoms. The molecular weight excluding hydrogens is 601 g/mol. The van der Waals surface area contributed by atoms with Gasteiger partial charge in [0, 0.05) is 35.6 Å². The minimum absolute atomic E-state index is 0.0128. The Morgan fingerprint density at radius 3 is 2.36 bits per heavy atom. The summed E-state index contributed by atoms with van der Waals surface area (Å²) in [6.45, 7) is 3.74. The summed E-state index contributed by atoms with van der Waals surface area (Å²) < 4.78 is 37.7. The van der Waals surface area contributed by atoms with Gasteiger partial charge >= 0.3 is 0 Å². The van der Waals surface area contributed by atoms with Gasteiger partial charge in [0.2, 0.25) is 28.6 Å². The molecule has 2 amide bonds. The van der Waals surface area contributed by atoms with Crippen LogP contribution in [-0.4, -0.2) is 57.3 Å². The van der Waals surface area contributed by atoms with E-state index < -0.39 is 28.5 Å². The van der Waals surface area contributed by atoms with Crippen molar-refractivity contribution < 1.29 is 27.5 Å². The molecule has 0 aliphatic carbocycles. The molecule has 0 fully saturated rings. The van der Waals surface area contributed by atoms with E-state index in [4.69, 9.17) is 32.7 Å². The molecule has 3 aromatic carbocycles. The molecule has 1 aliphatic rings. The molecule has 3 aromatic rings. The van der Waals surface area contributed by atoms with Crippen LogP contribution >= 0.6 is 23.2 Å². The summed E-state index contributed by atoms with van der Waals surface area (Å²) in [5.41, 5.74) is 1.61. The predicted molar refractivity (Wildman–Crippen MR) is 164 cm³/mol. The van der Waals surface area contributed by atoms with Gasteiger partial charge in [-0.3, -0.25) is 13.9 Å². The largest absolute Gasteiger partial charge is 0.454 e. The fourth-order valence-electron chi connectivity index (χ4n) is 4.46. The van der Waals surface area contributed by atoms with E-state index in [0.29, 0.717) is 33.7 Å². The summed E-state index contributed by atoms with van der Waals surface area (Å²) in [4.78, 5) is 29.2. The molecule has 1 N–H and O–H groups in total. The van der Waals surface area contributed by atoms with Crippen molar-refractivity contribution in [1.82, 2.24) is 10.2 Å². The third-order valence-corrected chi connectivity index (χ3v) is 8.36. The normalized spacial score (nSPS) is 13.1. The average molecular weight is 635 g/mol. The van der Waals surface area contributed by atoms with Crippen molar-refractivity contribution in [2.75, 3.05) is 30.4 Å². The van der Waals surface area contributed by atoms with Gasteiger partial charge in [-0.2, -0.15) is 0 Å². The van der Waals surface area contributed by atoms with Crippen LogP contribution in [0.3, 0.4) is 0 Å². The Morgan fingerprint density at radius 2 is 1.69 bits per heavy atom. The minimum Gasteiger partial charge on any atom is -0.454 e. The number of fused-ring (bicyclic) bond motifs is 1. The zero-order valence-electron chi connectivity index (χ0n) is 23.5. The number of benzene rings is 3. The van der Waals surface area contributed by atoms with Gasteiger partial charge in [0.1, 0.15) is 12.6 Å². The van der Waals surface area contributed by atoms with Crippen LogP contribution < -0.4 is 19.1 Å².